The minimum atomic E-state index is -5.79. The zero-order valence-electron chi connectivity index (χ0n) is 18.0. The van der Waals surface area contributed by atoms with Gasteiger partial charge < -0.3 is 19.3 Å². The molecule has 1 saturated carbocycles. The van der Waals surface area contributed by atoms with Gasteiger partial charge in [0.15, 0.2) is 6.10 Å². The Bertz CT molecular complexity index is 839. The Morgan fingerprint density at radius 2 is 1.75 bits per heavy atom. The van der Waals surface area contributed by atoms with Crippen molar-refractivity contribution in [2.24, 2.45) is 11.8 Å². The predicted molar refractivity (Wildman–Crippen MR) is 103 cm³/mol. The van der Waals surface area contributed by atoms with Gasteiger partial charge in [0.1, 0.15) is 12.2 Å². The average molecular weight is 486 g/mol. The van der Waals surface area contributed by atoms with Crippen molar-refractivity contribution in [3.05, 3.63) is 0 Å². The maximum Gasteiger partial charge on any atom is 0.405 e. The molecule has 2 fully saturated rings. The molecule has 0 aromatic heterocycles. The van der Waals surface area contributed by atoms with E-state index in [4.69, 9.17) is 14.0 Å². The van der Waals surface area contributed by atoms with Crippen LogP contribution in [0.4, 0.5) is 8.78 Å². The van der Waals surface area contributed by atoms with Gasteiger partial charge in [-0.2, -0.15) is 17.2 Å². The summed E-state index contributed by atoms with van der Waals surface area (Å²) >= 11 is 0. The summed E-state index contributed by atoms with van der Waals surface area (Å²) in [5, 5.41) is 6.19. The second kappa shape index (κ2) is 9.56. The van der Waals surface area contributed by atoms with Crippen LogP contribution in [0, 0.1) is 11.8 Å². The summed E-state index contributed by atoms with van der Waals surface area (Å²) in [4.78, 5) is 36.1. The summed E-state index contributed by atoms with van der Waals surface area (Å²) in [6, 6.07) is 0. The molecule has 13 heteroatoms. The van der Waals surface area contributed by atoms with E-state index in [1.54, 1.807) is 13.8 Å². The zero-order valence-corrected chi connectivity index (χ0v) is 18.8. The number of rotatable bonds is 10. The molecule has 10 nitrogen and oxygen atoms in total. The van der Waals surface area contributed by atoms with Gasteiger partial charge >= 0.3 is 33.3 Å². The largest absolute Gasteiger partial charge is 0.458 e. The molecule has 1 aliphatic heterocycles. The van der Waals surface area contributed by atoms with E-state index in [1.165, 1.54) is 0 Å². The molecular formula is C19H28F2O10S. The van der Waals surface area contributed by atoms with E-state index in [2.05, 4.69) is 4.74 Å². The lowest BCUT2D eigenvalue weighted by Crippen LogP contribution is -2.48. The van der Waals surface area contributed by atoms with Gasteiger partial charge in [-0.1, -0.05) is 13.8 Å². The van der Waals surface area contributed by atoms with Crippen LogP contribution in [0.15, 0.2) is 0 Å². The molecule has 2 N–H and O–H groups in total. The first kappa shape index (κ1) is 26.4. The molecule has 1 heterocycles. The van der Waals surface area contributed by atoms with Gasteiger partial charge in [0.2, 0.25) is 0 Å². The van der Waals surface area contributed by atoms with Crippen molar-refractivity contribution in [3.63, 3.8) is 0 Å². The normalized spacial score (nSPS) is 26.9. The lowest BCUT2D eigenvalue weighted by atomic mass is 9.67. The Labute approximate surface area is 184 Å². The van der Waals surface area contributed by atoms with Crippen molar-refractivity contribution in [3.8, 4) is 0 Å². The van der Waals surface area contributed by atoms with Crippen LogP contribution >= 0.6 is 0 Å². The highest BCUT2D eigenvalue weighted by Crippen LogP contribution is 2.46. The molecule has 0 radical (unpaired) electrons. The molecule has 1 aliphatic carbocycles. The SMILES string of the molecule is CCC(O)(CC)C1CC(OC(=O)CCC(=O)OC(C)C(F)(F)S(=O)(=O)O)C2CC1C(=O)O2. The molecule has 2 bridgehead atoms. The summed E-state index contributed by atoms with van der Waals surface area (Å²) in [5.41, 5.74) is -1.14. The lowest BCUT2D eigenvalue weighted by molar-refractivity contribution is -0.167. The first-order chi connectivity index (χ1) is 14.7. The van der Waals surface area contributed by atoms with Crippen molar-refractivity contribution in [1.82, 2.24) is 0 Å². The summed E-state index contributed by atoms with van der Waals surface area (Å²) in [7, 11) is -5.79. The smallest absolute Gasteiger partial charge is 0.405 e. The van der Waals surface area contributed by atoms with Crippen LogP contribution in [0.1, 0.15) is 59.3 Å². The zero-order chi connectivity index (χ0) is 24.5. The van der Waals surface area contributed by atoms with Gasteiger partial charge in [-0.25, -0.2) is 0 Å². The molecular weight excluding hydrogens is 458 g/mol. The Kier molecular flexibility index (Phi) is 7.88. The van der Waals surface area contributed by atoms with Crippen LogP contribution in [0.3, 0.4) is 0 Å². The molecule has 184 valence electrons. The van der Waals surface area contributed by atoms with Crippen molar-refractivity contribution in [2.75, 3.05) is 0 Å². The van der Waals surface area contributed by atoms with Crippen molar-refractivity contribution >= 4 is 28.0 Å². The molecule has 1 saturated heterocycles. The minimum absolute atomic E-state index is 0.188. The third-order valence-electron chi connectivity index (χ3n) is 6.30. The molecule has 5 atom stereocenters. The molecule has 0 spiro atoms. The summed E-state index contributed by atoms with van der Waals surface area (Å²) in [6.45, 7) is 4.16. The predicted octanol–water partition coefficient (Wildman–Crippen LogP) is 1.59. The van der Waals surface area contributed by atoms with Gasteiger partial charge in [-0.05, 0) is 26.2 Å². The minimum Gasteiger partial charge on any atom is -0.458 e. The second-order valence-corrected chi connectivity index (χ2v) is 9.66. The summed E-state index contributed by atoms with van der Waals surface area (Å²) in [5.74, 6) is -3.61. The molecule has 32 heavy (non-hydrogen) atoms. The highest BCUT2D eigenvalue weighted by molar-refractivity contribution is 7.86. The maximum atomic E-state index is 13.4. The molecule has 5 unspecified atom stereocenters. The third-order valence-corrected chi connectivity index (χ3v) is 7.32. The van der Waals surface area contributed by atoms with Gasteiger partial charge in [0.25, 0.3) is 0 Å². The Hall–Kier alpha value is -1.86. The number of hydrogen-bond acceptors (Lipinski definition) is 9. The molecule has 0 aromatic rings. The van der Waals surface area contributed by atoms with Gasteiger partial charge in [-0.15, -0.1) is 0 Å². The number of carbonyl (C=O) groups excluding carboxylic acids is 3. The number of hydrogen-bond donors (Lipinski definition) is 2. The van der Waals surface area contributed by atoms with E-state index in [0.29, 0.717) is 19.8 Å². The highest BCUT2D eigenvalue weighted by Gasteiger charge is 2.55. The van der Waals surface area contributed by atoms with Gasteiger partial charge in [-0.3, -0.25) is 18.9 Å². The van der Waals surface area contributed by atoms with E-state index < -0.39 is 81.9 Å². The van der Waals surface area contributed by atoms with Crippen LogP contribution in [0.5, 0.6) is 0 Å². The lowest BCUT2D eigenvalue weighted by Gasteiger charge is -2.41. The second-order valence-electron chi connectivity index (χ2n) is 8.17. The van der Waals surface area contributed by atoms with Crippen LogP contribution in [-0.4, -0.2) is 65.2 Å². The molecule has 0 amide bonds. The Morgan fingerprint density at radius 1 is 1.19 bits per heavy atom. The van der Waals surface area contributed by atoms with Crippen LogP contribution in [0.2, 0.25) is 0 Å². The Balaban J connectivity index is 1.94. The van der Waals surface area contributed by atoms with Crippen molar-refractivity contribution < 1.29 is 55.5 Å². The average Bonchev–Trinajstić information content (AvgIpc) is 3.03. The van der Waals surface area contributed by atoms with E-state index in [9.17, 15) is 36.7 Å². The van der Waals surface area contributed by atoms with E-state index in [0.717, 1.165) is 0 Å². The van der Waals surface area contributed by atoms with E-state index in [-0.39, 0.29) is 12.8 Å². The fourth-order valence-corrected chi connectivity index (χ4v) is 4.68. The molecule has 2 rings (SSSR count). The first-order valence-corrected chi connectivity index (χ1v) is 11.8. The summed E-state index contributed by atoms with van der Waals surface area (Å²) in [6.07, 6.45) is -3.97. The molecule has 2 aliphatic rings. The number of carbonyl (C=O) groups is 3. The van der Waals surface area contributed by atoms with Crippen LogP contribution in [-0.2, 0) is 38.7 Å². The number of fused-ring (bicyclic) bond motifs is 2. The standard InChI is InChI=1S/C19H28F2O10S/c1-4-18(25,5-2)12-9-14(13-8-11(12)17(24)31-13)30-16(23)7-6-15(22)29-10(3)19(20,21)32(26,27)28/h10-14,25H,4-9H2,1-3H3,(H,26,27,28). The highest BCUT2D eigenvalue weighted by atomic mass is 32.2. The maximum absolute atomic E-state index is 13.4. The third kappa shape index (κ3) is 5.37. The number of alkyl halides is 2. The number of aliphatic hydroxyl groups is 1. The van der Waals surface area contributed by atoms with E-state index in [1.807, 2.05) is 0 Å². The fraction of sp³-hybridized carbons (Fsp3) is 0.842. The quantitative estimate of drug-likeness (QED) is 0.264. The van der Waals surface area contributed by atoms with Crippen LogP contribution < -0.4 is 0 Å². The van der Waals surface area contributed by atoms with Crippen LogP contribution in [0.25, 0.3) is 0 Å². The first-order valence-electron chi connectivity index (χ1n) is 10.3. The van der Waals surface area contributed by atoms with Crippen molar-refractivity contribution in [1.29, 1.82) is 0 Å². The monoisotopic (exact) mass is 486 g/mol. The topological polar surface area (TPSA) is 154 Å². The Morgan fingerprint density at radius 3 is 2.28 bits per heavy atom. The number of ether oxygens (including phenoxy) is 3. The fourth-order valence-electron chi connectivity index (χ4n) is 4.21. The van der Waals surface area contributed by atoms with Gasteiger partial charge in [0, 0.05) is 12.3 Å². The van der Waals surface area contributed by atoms with E-state index >= 15 is 0 Å². The number of esters is 3. The summed E-state index contributed by atoms with van der Waals surface area (Å²) < 4.78 is 71.7. The number of halogens is 2. The van der Waals surface area contributed by atoms with Crippen molar-refractivity contribution in [2.45, 2.75) is 88.5 Å². The molecule has 0 aromatic carbocycles. The van der Waals surface area contributed by atoms with Gasteiger partial charge in [0.05, 0.1) is 24.4 Å².